The van der Waals surface area contributed by atoms with Gasteiger partial charge in [-0.3, -0.25) is 4.79 Å². The van der Waals surface area contributed by atoms with E-state index in [0.29, 0.717) is 0 Å². The van der Waals surface area contributed by atoms with Gasteiger partial charge in [-0.2, -0.15) is 39.5 Å². The maximum atomic E-state index is 13.3. The SMILES string of the molecule is C=CCCC(=O)OC(C(F)(F)CF)C(F)(F)C(F)(F)C(F)(F)F. The zero-order chi connectivity index (χ0) is 18.7. The molecule has 0 aromatic heterocycles. The van der Waals surface area contributed by atoms with Crippen LogP contribution in [0, 0.1) is 0 Å². The lowest BCUT2D eigenvalue weighted by Crippen LogP contribution is -2.64. The smallest absolute Gasteiger partial charge is 0.449 e. The normalized spacial score (nSPS) is 15.2. The molecule has 0 fully saturated rings. The number of alkyl halides is 10. The third-order valence-electron chi connectivity index (χ3n) is 2.47. The largest absolute Gasteiger partial charge is 0.460 e. The van der Waals surface area contributed by atoms with E-state index in [1.807, 2.05) is 0 Å². The van der Waals surface area contributed by atoms with Gasteiger partial charge >= 0.3 is 29.9 Å². The zero-order valence-electron chi connectivity index (χ0n) is 11.1. The number of ether oxygens (including phenoxy) is 1. The third kappa shape index (κ3) is 4.50. The Morgan fingerprint density at radius 3 is 1.87 bits per heavy atom. The highest BCUT2D eigenvalue weighted by Gasteiger charge is 2.79. The average Bonchev–Trinajstić information content (AvgIpc) is 2.40. The Morgan fingerprint density at radius 2 is 1.52 bits per heavy atom. The van der Waals surface area contributed by atoms with Crippen molar-refractivity contribution in [1.82, 2.24) is 0 Å². The number of hydrogen-bond acceptors (Lipinski definition) is 2. The highest BCUT2D eigenvalue weighted by Crippen LogP contribution is 2.51. The molecule has 0 spiro atoms. The summed E-state index contributed by atoms with van der Waals surface area (Å²) < 4.78 is 130. The second kappa shape index (κ2) is 6.95. The fourth-order valence-corrected chi connectivity index (χ4v) is 1.26. The van der Waals surface area contributed by atoms with Crippen molar-refractivity contribution in [3.8, 4) is 0 Å². The van der Waals surface area contributed by atoms with Gasteiger partial charge in [0, 0.05) is 6.42 Å². The van der Waals surface area contributed by atoms with Crippen molar-refractivity contribution in [1.29, 1.82) is 0 Å². The molecule has 0 aromatic rings. The van der Waals surface area contributed by atoms with E-state index in [-0.39, 0.29) is 6.42 Å². The molecule has 0 amide bonds. The van der Waals surface area contributed by atoms with Crippen LogP contribution in [0.2, 0.25) is 0 Å². The first-order valence-electron chi connectivity index (χ1n) is 5.71. The lowest BCUT2D eigenvalue weighted by atomic mass is 9.99. The average molecular weight is 364 g/mol. The first kappa shape index (κ1) is 21.5. The molecule has 0 saturated heterocycles. The minimum Gasteiger partial charge on any atom is -0.449 e. The summed E-state index contributed by atoms with van der Waals surface area (Å²) in [5, 5.41) is 0. The lowest BCUT2D eigenvalue weighted by molar-refractivity contribution is -0.385. The van der Waals surface area contributed by atoms with Crippen LogP contribution in [-0.2, 0) is 9.53 Å². The summed E-state index contributed by atoms with van der Waals surface area (Å²) in [5.74, 6) is -21.0. The maximum absolute atomic E-state index is 13.3. The molecule has 0 aromatic carbocycles. The molecule has 0 aliphatic heterocycles. The molecular weight excluding hydrogens is 354 g/mol. The first-order valence-corrected chi connectivity index (χ1v) is 5.71. The number of halogens is 10. The quantitative estimate of drug-likeness (QED) is 0.365. The Labute approximate surface area is 123 Å². The Hall–Kier alpha value is -1.49. The summed E-state index contributed by atoms with van der Waals surface area (Å²) in [4.78, 5) is 11.0. The number of carbonyl (C=O) groups is 1. The third-order valence-corrected chi connectivity index (χ3v) is 2.47. The molecule has 1 atom stereocenters. The van der Waals surface area contributed by atoms with Gasteiger partial charge in [0.15, 0.2) is 6.67 Å². The molecule has 0 aliphatic rings. The zero-order valence-corrected chi connectivity index (χ0v) is 11.1. The van der Waals surface area contributed by atoms with Crippen LogP contribution in [0.4, 0.5) is 43.9 Å². The minimum absolute atomic E-state index is 0.325. The lowest BCUT2D eigenvalue weighted by Gasteiger charge is -2.36. The Kier molecular flexibility index (Phi) is 6.50. The minimum atomic E-state index is -6.98. The van der Waals surface area contributed by atoms with Gasteiger partial charge in [0.2, 0.25) is 6.10 Å². The number of esters is 1. The van der Waals surface area contributed by atoms with Crippen molar-refractivity contribution in [3.05, 3.63) is 12.7 Å². The van der Waals surface area contributed by atoms with E-state index < -0.39 is 49.1 Å². The van der Waals surface area contributed by atoms with E-state index in [9.17, 15) is 48.7 Å². The Balaban J connectivity index is 5.77. The summed E-state index contributed by atoms with van der Waals surface area (Å²) in [6, 6.07) is 0. The summed E-state index contributed by atoms with van der Waals surface area (Å²) in [5.41, 5.74) is 0. The van der Waals surface area contributed by atoms with Crippen LogP contribution in [0.1, 0.15) is 12.8 Å². The van der Waals surface area contributed by atoms with Gasteiger partial charge in [-0.15, -0.1) is 6.58 Å². The van der Waals surface area contributed by atoms with Gasteiger partial charge in [-0.1, -0.05) is 6.08 Å². The topological polar surface area (TPSA) is 26.3 Å². The van der Waals surface area contributed by atoms with E-state index >= 15 is 0 Å². The van der Waals surface area contributed by atoms with Crippen LogP contribution >= 0.6 is 0 Å². The monoisotopic (exact) mass is 364 g/mol. The molecule has 0 aliphatic carbocycles. The van der Waals surface area contributed by atoms with E-state index in [4.69, 9.17) is 0 Å². The van der Waals surface area contributed by atoms with Gasteiger partial charge in [0.05, 0.1) is 0 Å². The van der Waals surface area contributed by atoms with Crippen molar-refractivity contribution in [2.75, 3.05) is 6.67 Å². The summed E-state index contributed by atoms with van der Waals surface area (Å²) in [6.07, 6.45) is -11.8. The molecule has 1 unspecified atom stereocenters. The molecule has 2 nitrogen and oxygen atoms in total. The van der Waals surface area contributed by atoms with Gasteiger partial charge in [-0.05, 0) is 6.42 Å². The van der Waals surface area contributed by atoms with Crippen LogP contribution in [0.25, 0.3) is 0 Å². The Bertz CT molecular complexity index is 429. The van der Waals surface area contributed by atoms with Crippen LogP contribution in [0.15, 0.2) is 12.7 Å². The summed E-state index contributed by atoms with van der Waals surface area (Å²) >= 11 is 0. The molecule has 0 N–H and O–H groups in total. The molecule has 0 saturated carbocycles. The van der Waals surface area contributed by atoms with Crippen LogP contribution in [0.3, 0.4) is 0 Å². The molecule has 0 heterocycles. The molecule has 23 heavy (non-hydrogen) atoms. The van der Waals surface area contributed by atoms with E-state index in [0.717, 1.165) is 6.08 Å². The molecular formula is C11H10F10O2. The fourth-order valence-electron chi connectivity index (χ4n) is 1.26. The van der Waals surface area contributed by atoms with Crippen molar-refractivity contribution >= 4 is 5.97 Å². The van der Waals surface area contributed by atoms with Crippen LogP contribution in [-0.4, -0.2) is 42.7 Å². The van der Waals surface area contributed by atoms with Crippen molar-refractivity contribution in [3.63, 3.8) is 0 Å². The highest BCUT2D eigenvalue weighted by molar-refractivity contribution is 5.70. The van der Waals surface area contributed by atoms with E-state index in [1.54, 1.807) is 0 Å². The van der Waals surface area contributed by atoms with Crippen molar-refractivity contribution < 1.29 is 53.4 Å². The maximum Gasteiger partial charge on any atom is 0.460 e. The summed E-state index contributed by atoms with van der Waals surface area (Å²) in [6.45, 7) is 0.0185. The van der Waals surface area contributed by atoms with Crippen molar-refractivity contribution in [2.45, 2.75) is 42.9 Å². The van der Waals surface area contributed by atoms with Gasteiger partial charge in [0.1, 0.15) is 0 Å². The van der Waals surface area contributed by atoms with Gasteiger partial charge in [-0.25, -0.2) is 4.39 Å². The molecule has 0 rings (SSSR count). The predicted molar refractivity (Wildman–Crippen MR) is 56.2 cm³/mol. The summed E-state index contributed by atoms with van der Waals surface area (Å²) in [7, 11) is 0. The number of hydrogen-bond donors (Lipinski definition) is 0. The highest BCUT2D eigenvalue weighted by atomic mass is 19.4. The van der Waals surface area contributed by atoms with Crippen LogP contribution in [0.5, 0.6) is 0 Å². The molecule has 0 radical (unpaired) electrons. The first-order chi connectivity index (χ1) is 10.1. The van der Waals surface area contributed by atoms with Gasteiger partial charge in [0.25, 0.3) is 0 Å². The second-order valence-electron chi connectivity index (χ2n) is 4.29. The molecule has 12 heteroatoms. The number of carbonyl (C=O) groups excluding carboxylic acids is 1. The predicted octanol–water partition coefficient (Wildman–Crippen LogP) is 4.30. The van der Waals surface area contributed by atoms with Crippen LogP contribution < -0.4 is 0 Å². The standard InChI is InChI=1S/C11H10F10O2/c1-2-3-4-6(22)23-7(8(13,14)5-12)9(15,16)10(17,18)11(19,20)21/h2,7H,1,3-5H2. The molecule has 0 bridgehead atoms. The fraction of sp³-hybridized carbons (Fsp3) is 0.727. The second-order valence-corrected chi connectivity index (χ2v) is 4.29. The Morgan fingerprint density at radius 1 is 1.04 bits per heavy atom. The van der Waals surface area contributed by atoms with E-state index in [2.05, 4.69) is 11.3 Å². The molecule has 136 valence electrons. The number of rotatable bonds is 8. The van der Waals surface area contributed by atoms with Crippen molar-refractivity contribution in [2.24, 2.45) is 0 Å². The van der Waals surface area contributed by atoms with E-state index in [1.165, 1.54) is 0 Å². The number of allylic oxidation sites excluding steroid dienone is 1. The van der Waals surface area contributed by atoms with Gasteiger partial charge < -0.3 is 4.74 Å².